The van der Waals surface area contributed by atoms with Gasteiger partial charge in [-0.2, -0.15) is 4.31 Å². The van der Waals surface area contributed by atoms with E-state index >= 15 is 0 Å². The van der Waals surface area contributed by atoms with Crippen LogP contribution in [0.25, 0.3) is 0 Å². The SMILES string of the molecule is COc1ccc(C(=O)OCC(=O)c2cc(F)ccc2F)cc1S(=O)(=O)N1CCCCC1C. The highest BCUT2D eigenvalue weighted by Crippen LogP contribution is 2.31. The Morgan fingerprint density at radius 2 is 1.88 bits per heavy atom. The Labute approximate surface area is 185 Å². The molecule has 0 spiro atoms. The summed E-state index contributed by atoms with van der Waals surface area (Å²) in [5.41, 5.74) is -0.670. The van der Waals surface area contributed by atoms with Gasteiger partial charge >= 0.3 is 5.97 Å². The first-order valence-corrected chi connectivity index (χ1v) is 11.4. The minimum atomic E-state index is -3.95. The van der Waals surface area contributed by atoms with E-state index in [-0.39, 0.29) is 22.3 Å². The molecule has 32 heavy (non-hydrogen) atoms. The van der Waals surface area contributed by atoms with Gasteiger partial charge in [0.05, 0.1) is 18.2 Å². The molecular weight excluding hydrogens is 444 g/mol. The summed E-state index contributed by atoms with van der Waals surface area (Å²) >= 11 is 0. The Morgan fingerprint density at radius 1 is 1.12 bits per heavy atom. The summed E-state index contributed by atoms with van der Waals surface area (Å²) < 4.78 is 65.0. The highest BCUT2D eigenvalue weighted by molar-refractivity contribution is 7.89. The third kappa shape index (κ3) is 4.97. The second-order valence-electron chi connectivity index (χ2n) is 7.45. The standard InChI is InChI=1S/C22H23F2NO6S/c1-14-5-3-4-10-25(14)32(28,29)21-11-15(6-9-20(21)30-2)22(27)31-13-19(26)17-12-16(23)7-8-18(17)24/h6-9,11-12,14H,3-5,10,13H2,1-2H3. The molecule has 0 radical (unpaired) electrons. The van der Waals surface area contributed by atoms with Gasteiger partial charge in [0.2, 0.25) is 15.8 Å². The normalized spacial score (nSPS) is 17.1. The number of ether oxygens (including phenoxy) is 2. The fraction of sp³-hybridized carbons (Fsp3) is 0.364. The maximum absolute atomic E-state index is 13.7. The molecule has 1 atom stereocenters. The molecule has 2 aromatic rings. The van der Waals surface area contributed by atoms with Crippen molar-refractivity contribution in [2.45, 2.75) is 37.1 Å². The zero-order chi connectivity index (χ0) is 23.5. The number of esters is 1. The molecule has 1 heterocycles. The molecule has 10 heteroatoms. The van der Waals surface area contributed by atoms with E-state index < -0.39 is 45.6 Å². The molecule has 0 saturated carbocycles. The maximum Gasteiger partial charge on any atom is 0.338 e. The van der Waals surface area contributed by atoms with E-state index in [2.05, 4.69) is 0 Å². The average molecular weight is 467 g/mol. The van der Waals surface area contributed by atoms with Crippen LogP contribution in [0.5, 0.6) is 5.75 Å². The number of piperidine rings is 1. The van der Waals surface area contributed by atoms with Gasteiger partial charge in [-0.15, -0.1) is 0 Å². The summed E-state index contributed by atoms with van der Waals surface area (Å²) in [5.74, 6) is -3.60. The van der Waals surface area contributed by atoms with Gasteiger partial charge in [0.25, 0.3) is 0 Å². The molecule has 1 fully saturated rings. The number of carbonyl (C=O) groups is 2. The highest BCUT2D eigenvalue weighted by atomic mass is 32.2. The van der Waals surface area contributed by atoms with Crippen LogP contribution in [0, 0.1) is 11.6 Å². The molecule has 7 nitrogen and oxygen atoms in total. The highest BCUT2D eigenvalue weighted by Gasteiger charge is 2.33. The third-order valence-electron chi connectivity index (χ3n) is 5.29. The first-order chi connectivity index (χ1) is 15.1. The Balaban J connectivity index is 1.82. The minimum absolute atomic E-state index is 0.0669. The fourth-order valence-electron chi connectivity index (χ4n) is 3.56. The van der Waals surface area contributed by atoms with E-state index in [0.29, 0.717) is 12.6 Å². The van der Waals surface area contributed by atoms with Crippen molar-refractivity contribution in [1.29, 1.82) is 0 Å². The molecule has 0 aliphatic carbocycles. The molecule has 3 rings (SSSR count). The number of benzene rings is 2. The smallest absolute Gasteiger partial charge is 0.338 e. The van der Waals surface area contributed by atoms with Gasteiger partial charge in [-0.25, -0.2) is 22.0 Å². The number of nitrogens with zero attached hydrogens (tertiary/aromatic N) is 1. The van der Waals surface area contributed by atoms with Gasteiger partial charge in [0, 0.05) is 12.6 Å². The number of sulfonamides is 1. The van der Waals surface area contributed by atoms with Crippen molar-refractivity contribution in [2.24, 2.45) is 0 Å². The lowest BCUT2D eigenvalue weighted by molar-refractivity contribution is 0.0473. The largest absolute Gasteiger partial charge is 0.495 e. The van der Waals surface area contributed by atoms with Crippen LogP contribution in [-0.2, 0) is 14.8 Å². The van der Waals surface area contributed by atoms with E-state index in [9.17, 15) is 26.8 Å². The van der Waals surface area contributed by atoms with Crippen LogP contribution in [0.2, 0.25) is 0 Å². The minimum Gasteiger partial charge on any atom is -0.495 e. The number of methoxy groups -OCH3 is 1. The summed E-state index contributed by atoms with van der Waals surface area (Å²) in [4.78, 5) is 24.4. The molecule has 1 unspecified atom stereocenters. The molecule has 0 amide bonds. The Morgan fingerprint density at radius 3 is 2.56 bits per heavy atom. The molecule has 1 saturated heterocycles. The fourth-order valence-corrected chi connectivity index (χ4v) is 5.45. The number of Topliss-reactive ketones (excluding diaryl/α,β-unsaturated/α-hetero) is 1. The van der Waals surface area contributed by atoms with Gasteiger partial charge < -0.3 is 9.47 Å². The number of halogens is 2. The van der Waals surface area contributed by atoms with Crippen molar-refractivity contribution < 1.29 is 36.3 Å². The lowest BCUT2D eigenvalue weighted by Crippen LogP contribution is -2.42. The first-order valence-electron chi connectivity index (χ1n) is 10.0. The second kappa shape index (κ2) is 9.74. The molecule has 2 aromatic carbocycles. The molecular formula is C22H23F2NO6S. The second-order valence-corrected chi connectivity index (χ2v) is 9.31. The zero-order valence-corrected chi connectivity index (χ0v) is 18.5. The Bertz CT molecular complexity index is 1140. The molecule has 0 N–H and O–H groups in total. The molecule has 0 aromatic heterocycles. The van der Waals surface area contributed by atoms with Crippen LogP contribution >= 0.6 is 0 Å². The summed E-state index contributed by atoms with van der Waals surface area (Å²) in [6, 6.07) is 5.92. The lowest BCUT2D eigenvalue weighted by Gasteiger charge is -2.32. The van der Waals surface area contributed by atoms with Crippen molar-refractivity contribution in [2.75, 3.05) is 20.3 Å². The van der Waals surface area contributed by atoms with Crippen LogP contribution in [0.4, 0.5) is 8.78 Å². The van der Waals surface area contributed by atoms with E-state index in [1.807, 2.05) is 6.92 Å². The van der Waals surface area contributed by atoms with Crippen molar-refractivity contribution in [3.8, 4) is 5.75 Å². The number of carbonyl (C=O) groups excluding carboxylic acids is 2. The monoisotopic (exact) mass is 467 g/mol. The lowest BCUT2D eigenvalue weighted by atomic mass is 10.1. The number of hydrogen-bond acceptors (Lipinski definition) is 6. The van der Waals surface area contributed by atoms with Crippen molar-refractivity contribution in [3.05, 3.63) is 59.2 Å². The Kier molecular flexibility index (Phi) is 7.25. The van der Waals surface area contributed by atoms with E-state index in [0.717, 1.165) is 37.5 Å². The summed E-state index contributed by atoms with van der Waals surface area (Å²) in [7, 11) is -2.63. The summed E-state index contributed by atoms with van der Waals surface area (Å²) in [5, 5.41) is 0. The van der Waals surface area contributed by atoms with Gasteiger partial charge in [-0.05, 0) is 56.2 Å². The molecule has 1 aliphatic heterocycles. The molecule has 0 bridgehead atoms. The van der Waals surface area contributed by atoms with Gasteiger partial charge in [-0.3, -0.25) is 4.79 Å². The first kappa shape index (κ1) is 23.8. The number of ketones is 1. The van der Waals surface area contributed by atoms with E-state index in [4.69, 9.17) is 9.47 Å². The van der Waals surface area contributed by atoms with Gasteiger partial charge in [0.1, 0.15) is 22.3 Å². The summed E-state index contributed by atoms with van der Waals surface area (Å²) in [6.45, 7) is 1.34. The molecule has 1 aliphatic rings. The maximum atomic E-state index is 13.7. The van der Waals surface area contributed by atoms with Crippen LogP contribution in [0.1, 0.15) is 46.9 Å². The number of hydrogen-bond donors (Lipinski definition) is 0. The van der Waals surface area contributed by atoms with Crippen LogP contribution < -0.4 is 4.74 Å². The van der Waals surface area contributed by atoms with Crippen LogP contribution in [0.15, 0.2) is 41.3 Å². The quantitative estimate of drug-likeness (QED) is 0.457. The predicted molar refractivity (Wildman–Crippen MR) is 111 cm³/mol. The van der Waals surface area contributed by atoms with Crippen molar-refractivity contribution in [1.82, 2.24) is 4.31 Å². The summed E-state index contributed by atoms with van der Waals surface area (Å²) in [6.07, 6.45) is 2.38. The van der Waals surface area contributed by atoms with Gasteiger partial charge in [0.15, 0.2) is 6.61 Å². The zero-order valence-electron chi connectivity index (χ0n) is 17.6. The third-order valence-corrected chi connectivity index (χ3v) is 7.33. The number of rotatable bonds is 7. The van der Waals surface area contributed by atoms with Gasteiger partial charge in [-0.1, -0.05) is 6.42 Å². The van der Waals surface area contributed by atoms with Crippen molar-refractivity contribution in [3.63, 3.8) is 0 Å². The topological polar surface area (TPSA) is 90.0 Å². The van der Waals surface area contributed by atoms with Crippen LogP contribution in [-0.4, -0.2) is 50.8 Å². The van der Waals surface area contributed by atoms with Crippen molar-refractivity contribution >= 4 is 21.8 Å². The van der Waals surface area contributed by atoms with E-state index in [1.165, 1.54) is 23.5 Å². The van der Waals surface area contributed by atoms with Crippen LogP contribution in [0.3, 0.4) is 0 Å². The van der Waals surface area contributed by atoms with E-state index in [1.54, 1.807) is 0 Å². The Hall–Kier alpha value is -2.85. The average Bonchev–Trinajstić information content (AvgIpc) is 2.78. The molecule has 172 valence electrons. The predicted octanol–water partition coefficient (Wildman–Crippen LogP) is 3.58.